The van der Waals surface area contributed by atoms with Crippen molar-refractivity contribution in [1.29, 1.82) is 0 Å². The highest BCUT2D eigenvalue weighted by Gasteiger charge is 2.28. The lowest BCUT2D eigenvalue weighted by Gasteiger charge is -2.34. The van der Waals surface area contributed by atoms with E-state index in [1.54, 1.807) is 65.6 Å². The molecule has 0 spiro atoms. The van der Waals surface area contributed by atoms with Crippen LogP contribution in [0.5, 0.6) is 0 Å². The molecule has 1 N–H and O–H groups in total. The first kappa shape index (κ1) is 27.0. The highest BCUT2D eigenvalue weighted by atomic mass is 32.2. The minimum absolute atomic E-state index is 0.128. The predicted molar refractivity (Wildman–Crippen MR) is 148 cm³/mol. The van der Waals surface area contributed by atoms with Gasteiger partial charge in [0.1, 0.15) is 0 Å². The minimum Gasteiger partial charge on any atom is -0.378 e. The van der Waals surface area contributed by atoms with Crippen LogP contribution in [0.25, 0.3) is 0 Å². The summed E-state index contributed by atoms with van der Waals surface area (Å²) < 4.78 is 32.7. The zero-order valence-corrected chi connectivity index (χ0v) is 22.5. The van der Waals surface area contributed by atoms with Crippen LogP contribution >= 0.6 is 0 Å². The molecule has 2 heterocycles. The van der Waals surface area contributed by atoms with E-state index in [-0.39, 0.29) is 11.8 Å². The van der Waals surface area contributed by atoms with Gasteiger partial charge in [-0.2, -0.15) is 4.31 Å². The third kappa shape index (κ3) is 6.36. The summed E-state index contributed by atoms with van der Waals surface area (Å²) in [6, 6.07) is 22.9. The number of hydrogen-bond acceptors (Lipinski definition) is 6. The number of para-hydroxylation sites is 1. The van der Waals surface area contributed by atoms with Crippen molar-refractivity contribution in [2.75, 3.05) is 57.8 Å². The maximum Gasteiger partial charge on any atom is 0.256 e. The van der Waals surface area contributed by atoms with Gasteiger partial charge in [-0.3, -0.25) is 14.5 Å². The van der Waals surface area contributed by atoms with E-state index in [2.05, 4.69) is 10.2 Å². The van der Waals surface area contributed by atoms with Crippen molar-refractivity contribution >= 4 is 27.5 Å². The van der Waals surface area contributed by atoms with Crippen LogP contribution < -0.4 is 5.32 Å². The standard InChI is InChI=1S/C29H32N4O5S/c34-28(30-27-12-5-4-11-26(27)29(35)32-17-19-38-20-18-32)24-8-6-7-23(21-24)22-31-13-15-33(16-14-31)39(36,37)25-9-2-1-3-10-25/h1-12,21H,13-20,22H2,(H,30,34). The van der Waals surface area contributed by atoms with Gasteiger partial charge in [0, 0.05) is 51.4 Å². The minimum atomic E-state index is -3.50. The van der Waals surface area contributed by atoms with Crippen LogP contribution in [0.3, 0.4) is 0 Å². The normalized spacial score (nSPS) is 17.1. The molecule has 0 radical (unpaired) electrons. The molecule has 10 heteroatoms. The Morgan fingerprint density at radius 3 is 2.23 bits per heavy atom. The van der Waals surface area contributed by atoms with Crippen molar-refractivity contribution in [2.45, 2.75) is 11.4 Å². The molecule has 2 aliphatic rings. The third-order valence-electron chi connectivity index (χ3n) is 7.01. The number of benzene rings is 3. The molecule has 0 saturated carbocycles. The Balaban J connectivity index is 1.21. The number of anilines is 1. The molecule has 2 aliphatic heterocycles. The van der Waals surface area contributed by atoms with Crippen molar-refractivity contribution in [3.63, 3.8) is 0 Å². The summed E-state index contributed by atoms with van der Waals surface area (Å²) in [6.45, 7) is 4.67. The number of nitrogens with zero attached hydrogens (tertiary/aromatic N) is 3. The molecule has 39 heavy (non-hydrogen) atoms. The molecule has 2 amide bonds. The smallest absolute Gasteiger partial charge is 0.256 e. The molecule has 3 aromatic carbocycles. The summed E-state index contributed by atoms with van der Waals surface area (Å²) in [5.41, 5.74) is 2.37. The van der Waals surface area contributed by atoms with Gasteiger partial charge in [0.15, 0.2) is 0 Å². The van der Waals surface area contributed by atoms with Gasteiger partial charge < -0.3 is 15.0 Å². The Bertz CT molecular complexity index is 1420. The maximum absolute atomic E-state index is 13.2. The van der Waals surface area contributed by atoms with Crippen molar-refractivity contribution in [3.05, 3.63) is 95.6 Å². The number of sulfonamides is 1. The van der Waals surface area contributed by atoms with Crippen molar-refractivity contribution < 1.29 is 22.7 Å². The maximum atomic E-state index is 13.2. The Labute approximate surface area is 229 Å². The number of rotatable bonds is 7. The largest absolute Gasteiger partial charge is 0.378 e. The average Bonchev–Trinajstić information content (AvgIpc) is 2.98. The monoisotopic (exact) mass is 548 g/mol. The molecule has 0 aromatic heterocycles. The van der Waals surface area contributed by atoms with Gasteiger partial charge in [-0.1, -0.05) is 42.5 Å². The fourth-order valence-corrected chi connectivity index (χ4v) is 6.29. The SMILES string of the molecule is O=C(Nc1ccccc1C(=O)N1CCOCC1)c1cccc(CN2CCN(S(=O)(=O)c3ccccc3)CC2)c1. The number of amides is 2. The number of nitrogens with one attached hydrogen (secondary N) is 1. The van der Waals surface area contributed by atoms with Gasteiger partial charge in [-0.25, -0.2) is 8.42 Å². The second-order valence-corrected chi connectivity index (χ2v) is 11.5. The van der Waals surface area contributed by atoms with E-state index in [0.29, 0.717) is 80.7 Å². The number of carbonyl (C=O) groups is 2. The Hall–Kier alpha value is -3.57. The molecule has 0 aliphatic carbocycles. The van der Waals surface area contributed by atoms with E-state index in [0.717, 1.165) is 5.56 Å². The van der Waals surface area contributed by atoms with Gasteiger partial charge in [-0.15, -0.1) is 0 Å². The number of carbonyl (C=O) groups excluding carboxylic acids is 2. The number of ether oxygens (including phenoxy) is 1. The zero-order chi connectivity index (χ0) is 27.2. The molecular formula is C29H32N4O5S. The summed E-state index contributed by atoms with van der Waals surface area (Å²) in [5, 5.41) is 2.91. The zero-order valence-electron chi connectivity index (χ0n) is 21.7. The molecule has 9 nitrogen and oxygen atoms in total. The van der Waals surface area contributed by atoms with E-state index in [9.17, 15) is 18.0 Å². The second kappa shape index (κ2) is 12.1. The molecule has 5 rings (SSSR count). The molecule has 2 saturated heterocycles. The number of piperazine rings is 1. The lowest BCUT2D eigenvalue weighted by Crippen LogP contribution is -2.48. The van der Waals surface area contributed by atoms with Crippen molar-refractivity contribution in [2.24, 2.45) is 0 Å². The van der Waals surface area contributed by atoms with Gasteiger partial charge in [-0.05, 0) is 42.0 Å². The molecule has 0 unspecified atom stereocenters. The molecule has 3 aromatic rings. The van der Waals surface area contributed by atoms with E-state index in [1.165, 1.54) is 4.31 Å². The molecular weight excluding hydrogens is 516 g/mol. The highest BCUT2D eigenvalue weighted by molar-refractivity contribution is 7.89. The van der Waals surface area contributed by atoms with Gasteiger partial charge in [0.25, 0.3) is 11.8 Å². The van der Waals surface area contributed by atoms with Crippen molar-refractivity contribution in [3.8, 4) is 0 Å². The lowest BCUT2D eigenvalue weighted by atomic mass is 10.1. The Morgan fingerprint density at radius 2 is 1.49 bits per heavy atom. The first-order valence-electron chi connectivity index (χ1n) is 13.1. The number of morpholine rings is 1. The Kier molecular flexibility index (Phi) is 8.37. The summed E-state index contributed by atoms with van der Waals surface area (Å²) in [7, 11) is -3.50. The summed E-state index contributed by atoms with van der Waals surface area (Å²) in [4.78, 5) is 30.4. The van der Waals surface area contributed by atoms with Gasteiger partial charge in [0.2, 0.25) is 10.0 Å². The number of hydrogen-bond donors (Lipinski definition) is 1. The van der Waals surface area contributed by atoms with Crippen LogP contribution in [0.2, 0.25) is 0 Å². The first-order valence-corrected chi connectivity index (χ1v) is 14.5. The highest BCUT2D eigenvalue weighted by Crippen LogP contribution is 2.21. The quantitative estimate of drug-likeness (QED) is 0.488. The average molecular weight is 549 g/mol. The van der Waals surface area contributed by atoms with Crippen LogP contribution in [0.1, 0.15) is 26.3 Å². The van der Waals surface area contributed by atoms with Crippen molar-refractivity contribution in [1.82, 2.24) is 14.1 Å². The summed E-state index contributed by atoms with van der Waals surface area (Å²) in [5.74, 6) is -0.422. The molecule has 204 valence electrons. The summed E-state index contributed by atoms with van der Waals surface area (Å²) >= 11 is 0. The molecule has 0 bridgehead atoms. The van der Waals surface area contributed by atoms with Gasteiger partial charge in [0.05, 0.1) is 29.4 Å². The lowest BCUT2D eigenvalue weighted by molar-refractivity contribution is 0.0303. The van der Waals surface area contributed by atoms with E-state index in [4.69, 9.17) is 4.74 Å². The van der Waals surface area contributed by atoms with E-state index >= 15 is 0 Å². The second-order valence-electron chi connectivity index (χ2n) is 9.60. The fourth-order valence-electron chi connectivity index (χ4n) is 4.85. The van der Waals surface area contributed by atoms with Crippen LogP contribution in [-0.4, -0.2) is 86.8 Å². The fraction of sp³-hybridized carbons (Fsp3) is 0.310. The van der Waals surface area contributed by atoms with Crippen LogP contribution in [0, 0.1) is 0 Å². The third-order valence-corrected chi connectivity index (χ3v) is 8.92. The van der Waals surface area contributed by atoms with E-state index in [1.807, 2.05) is 18.2 Å². The topological polar surface area (TPSA) is 99.3 Å². The molecule has 0 atom stereocenters. The Morgan fingerprint density at radius 1 is 0.795 bits per heavy atom. The van der Waals surface area contributed by atoms with E-state index < -0.39 is 10.0 Å². The summed E-state index contributed by atoms with van der Waals surface area (Å²) in [6.07, 6.45) is 0. The van der Waals surface area contributed by atoms with Crippen LogP contribution in [0.15, 0.2) is 83.8 Å². The first-order chi connectivity index (χ1) is 18.9. The van der Waals surface area contributed by atoms with Gasteiger partial charge >= 0.3 is 0 Å². The van der Waals surface area contributed by atoms with Crippen LogP contribution in [-0.2, 0) is 21.3 Å². The van der Waals surface area contributed by atoms with Crippen LogP contribution in [0.4, 0.5) is 5.69 Å². The predicted octanol–water partition coefficient (Wildman–Crippen LogP) is 2.92. The molecule has 2 fully saturated rings.